The Labute approximate surface area is 107 Å². The van der Waals surface area contributed by atoms with Gasteiger partial charge in [0.15, 0.2) is 5.65 Å². The van der Waals surface area contributed by atoms with E-state index in [2.05, 4.69) is 30.8 Å². The molecule has 0 aliphatic carbocycles. The number of anilines is 2. The third-order valence-corrected chi connectivity index (χ3v) is 2.76. The number of carbonyl (C=O) groups is 2. The minimum absolute atomic E-state index is 0.0756. The summed E-state index contributed by atoms with van der Waals surface area (Å²) in [4.78, 5) is 32.9. The summed E-state index contributed by atoms with van der Waals surface area (Å²) >= 11 is 0. The second-order valence-corrected chi connectivity index (χ2v) is 4.08. The van der Waals surface area contributed by atoms with Crippen molar-refractivity contribution in [1.82, 2.24) is 25.5 Å². The Morgan fingerprint density at radius 2 is 2.00 bits per heavy atom. The maximum Gasteiger partial charge on any atom is 0.246 e. The molecule has 19 heavy (non-hydrogen) atoms. The normalized spacial score (nSPS) is 15.7. The molecule has 98 valence electrons. The number of imide groups is 1. The minimum atomic E-state index is -0.350. The lowest BCUT2D eigenvalue weighted by Gasteiger charge is -2.26. The first kappa shape index (κ1) is 11.4. The maximum atomic E-state index is 11.4. The van der Waals surface area contributed by atoms with Gasteiger partial charge in [-0.3, -0.25) is 20.0 Å². The first-order chi connectivity index (χ1) is 9.17. The number of hydrogen-bond acceptors (Lipinski definition) is 7. The Bertz CT molecular complexity index is 649. The molecule has 2 amide bonds. The first-order valence-electron chi connectivity index (χ1n) is 5.64. The van der Waals surface area contributed by atoms with Crippen LogP contribution in [-0.2, 0) is 9.59 Å². The van der Waals surface area contributed by atoms with E-state index in [-0.39, 0.29) is 24.9 Å². The fourth-order valence-electron chi connectivity index (χ4n) is 1.96. The summed E-state index contributed by atoms with van der Waals surface area (Å²) in [5.74, 6) is 0.200. The van der Waals surface area contributed by atoms with Gasteiger partial charge in [-0.2, -0.15) is 15.1 Å². The summed E-state index contributed by atoms with van der Waals surface area (Å²) in [5, 5.41) is 12.4. The topological polar surface area (TPSA) is 116 Å². The average Bonchev–Trinajstić information content (AvgIpc) is 2.84. The van der Waals surface area contributed by atoms with Crippen LogP contribution in [0.3, 0.4) is 0 Å². The number of piperazine rings is 1. The van der Waals surface area contributed by atoms with Crippen LogP contribution in [0.4, 0.5) is 11.8 Å². The smallest absolute Gasteiger partial charge is 0.246 e. The van der Waals surface area contributed by atoms with Crippen molar-refractivity contribution in [1.29, 1.82) is 0 Å². The van der Waals surface area contributed by atoms with Gasteiger partial charge in [-0.25, -0.2) is 0 Å². The minimum Gasteiger partial charge on any atom is -0.357 e. The van der Waals surface area contributed by atoms with Crippen LogP contribution in [0, 0.1) is 0 Å². The maximum absolute atomic E-state index is 11.4. The van der Waals surface area contributed by atoms with Gasteiger partial charge in [0.25, 0.3) is 0 Å². The van der Waals surface area contributed by atoms with E-state index < -0.39 is 0 Å². The van der Waals surface area contributed by atoms with Gasteiger partial charge in [-0.15, -0.1) is 0 Å². The molecule has 0 radical (unpaired) electrons. The highest BCUT2D eigenvalue weighted by Crippen LogP contribution is 2.24. The lowest BCUT2D eigenvalue weighted by Crippen LogP contribution is -2.51. The standard InChI is InChI=1S/C10H11N7O2/c1-11-10-14-8-5(2-12-16-8)9(15-10)17-3-6(18)13-7(19)4-17/h2H,3-4H2,1H3,(H,13,18,19)(H2,11,12,14,15,16). The van der Waals surface area contributed by atoms with Crippen LogP contribution in [0.5, 0.6) is 0 Å². The molecule has 0 saturated carbocycles. The molecule has 9 heteroatoms. The van der Waals surface area contributed by atoms with Crippen molar-refractivity contribution >= 4 is 34.6 Å². The number of nitrogens with zero attached hydrogens (tertiary/aromatic N) is 4. The van der Waals surface area contributed by atoms with E-state index in [0.717, 1.165) is 0 Å². The van der Waals surface area contributed by atoms with Crippen molar-refractivity contribution in [3.8, 4) is 0 Å². The van der Waals surface area contributed by atoms with Crippen LogP contribution in [0.2, 0.25) is 0 Å². The summed E-state index contributed by atoms with van der Waals surface area (Å²) in [6.07, 6.45) is 1.57. The number of carbonyl (C=O) groups excluding carboxylic acids is 2. The zero-order chi connectivity index (χ0) is 13.4. The zero-order valence-corrected chi connectivity index (χ0v) is 10.1. The quantitative estimate of drug-likeness (QED) is 0.585. The van der Waals surface area contributed by atoms with Crippen LogP contribution < -0.4 is 15.5 Å². The molecule has 3 N–H and O–H groups in total. The van der Waals surface area contributed by atoms with E-state index in [1.165, 1.54) is 0 Å². The van der Waals surface area contributed by atoms with Crippen molar-refractivity contribution < 1.29 is 9.59 Å². The lowest BCUT2D eigenvalue weighted by molar-refractivity contribution is -0.130. The van der Waals surface area contributed by atoms with Gasteiger partial charge >= 0.3 is 0 Å². The highest BCUT2D eigenvalue weighted by molar-refractivity contribution is 6.04. The number of aromatic amines is 1. The van der Waals surface area contributed by atoms with E-state index >= 15 is 0 Å². The van der Waals surface area contributed by atoms with E-state index in [1.807, 2.05) is 0 Å². The molecule has 0 unspecified atom stereocenters. The van der Waals surface area contributed by atoms with Gasteiger partial charge in [-0.05, 0) is 0 Å². The molecule has 3 rings (SSSR count). The molecule has 1 aliphatic heterocycles. The summed E-state index contributed by atoms with van der Waals surface area (Å²) in [6, 6.07) is 0. The Morgan fingerprint density at radius 1 is 1.26 bits per heavy atom. The molecule has 2 aromatic rings. The van der Waals surface area contributed by atoms with Gasteiger partial charge in [-0.1, -0.05) is 0 Å². The third kappa shape index (κ3) is 1.94. The monoisotopic (exact) mass is 261 g/mol. The first-order valence-corrected chi connectivity index (χ1v) is 5.64. The molecule has 3 heterocycles. The van der Waals surface area contributed by atoms with Crippen LogP contribution in [0.15, 0.2) is 6.20 Å². The van der Waals surface area contributed by atoms with E-state index in [1.54, 1.807) is 18.1 Å². The molecule has 0 aromatic carbocycles. The highest BCUT2D eigenvalue weighted by Gasteiger charge is 2.25. The fraction of sp³-hybridized carbons (Fsp3) is 0.300. The number of nitrogens with one attached hydrogen (secondary N) is 3. The molecule has 1 fully saturated rings. The number of hydrogen-bond donors (Lipinski definition) is 3. The molecular weight excluding hydrogens is 250 g/mol. The van der Waals surface area contributed by atoms with Crippen molar-refractivity contribution in [2.24, 2.45) is 0 Å². The van der Waals surface area contributed by atoms with E-state index in [4.69, 9.17) is 0 Å². The van der Waals surface area contributed by atoms with E-state index in [9.17, 15) is 9.59 Å². The number of fused-ring (bicyclic) bond motifs is 1. The van der Waals surface area contributed by atoms with Crippen molar-refractivity contribution in [3.05, 3.63) is 6.20 Å². The van der Waals surface area contributed by atoms with Gasteiger partial charge in [0.05, 0.1) is 24.7 Å². The zero-order valence-electron chi connectivity index (χ0n) is 10.1. The third-order valence-electron chi connectivity index (χ3n) is 2.76. The molecule has 1 saturated heterocycles. The van der Waals surface area contributed by atoms with Crippen LogP contribution in [-0.4, -0.2) is 52.1 Å². The van der Waals surface area contributed by atoms with Crippen LogP contribution in [0.25, 0.3) is 11.0 Å². The average molecular weight is 261 g/mol. The summed E-state index contributed by atoms with van der Waals surface area (Å²) in [6.45, 7) is 0.151. The van der Waals surface area contributed by atoms with Crippen molar-refractivity contribution in [3.63, 3.8) is 0 Å². The summed E-state index contributed by atoms with van der Waals surface area (Å²) in [7, 11) is 1.69. The Morgan fingerprint density at radius 3 is 2.68 bits per heavy atom. The lowest BCUT2D eigenvalue weighted by atomic mass is 10.3. The second-order valence-electron chi connectivity index (χ2n) is 4.08. The summed E-state index contributed by atoms with van der Waals surface area (Å²) < 4.78 is 0. The number of amides is 2. The Hall–Kier alpha value is -2.71. The molecule has 2 aromatic heterocycles. The molecule has 0 atom stereocenters. The summed E-state index contributed by atoms with van der Waals surface area (Å²) in [5.41, 5.74) is 0.549. The number of aromatic nitrogens is 4. The molecule has 0 bridgehead atoms. The molecule has 9 nitrogen and oxygen atoms in total. The van der Waals surface area contributed by atoms with Crippen molar-refractivity contribution in [2.45, 2.75) is 0 Å². The number of H-pyrrole nitrogens is 1. The van der Waals surface area contributed by atoms with Crippen LogP contribution >= 0.6 is 0 Å². The van der Waals surface area contributed by atoms with Gasteiger partial charge in [0.1, 0.15) is 5.82 Å². The fourth-order valence-corrected chi connectivity index (χ4v) is 1.96. The second kappa shape index (κ2) is 4.19. The van der Waals surface area contributed by atoms with Gasteiger partial charge in [0, 0.05) is 7.05 Å². The molecule has 1 aliphatic rings. The van der Waals surface area contributed by atoms with Crippen LogP contribution in [0.1, 0.15) is 0 Å². The highest BCUT2D eigenvalue weighted by atomic mass is 16.2. The Balaban J connectivity index is 2.10. The molecular formula is C10H11N7O2. The predicted octanol–water partition coefficient (Wildman–Crippen LogP) is -1.14. The SMILES string of the molecule is CNc1nc(N2CC(=O)NC(=O)C2)c2cn[nH]c2n1. The van der Waals surface area contributed by atoms with Gasteiger partial charge in [0.2, 0.25) is 17.8 Å². The molecule has 0 spiro atoms. The Kier molecular flexibility index (Phi) is 2.51. The number of rotatable bonds is 2. The van der Waals surface area contributed by atoms with E-state index in [0.29, 0.717) is 22.8 Å². The van der Waals surface area contributed by atoms with Gasteiger partial charge < -0.3 is 10.2 Å². The van der Waals surface area contributed by atoms with Crippen molar-refractivity contribution in [2.75, 3.05) is 30.4 Å². The predicted molar refractivity (Wildman–Crippen MR) is 66.6 cm³/mol. The largest absolute Gasteiger partial charge is 0.357 e.